The van der Waals surface area contributed by atoms with Crippen LogP contribution in [0.15, 0.2) is 23.1 Å². The van der Waals surface area contributed by atoms with Gasteiger partial charge in [-0.3, -0.25) is 0 Å². The minimum Gasteiger partial charge on any atom is -0.369 e. The van der Waals surface area contributed by atoms with Gasteiger partial charge in [-0.2, -0.15) is 5.26 Å². The van der Waals surface area contributed by atoms with Crippen LogP contribution in [0.25, 0.3) is 0 Å². The molecule has 0 fully saturated rings. The first-order chi connectivity index (χ1) is 7.78. The number of benzene rings is 1. The van der Waals surface area contributed by atoms with Gasteiger partial charge in [0, 0.05) is 24.5 Å². The predicted molar refractivity (Wildman–Crippen MR) is 69.9 cm³/mol. The zero-order valence-electron chi connectivity index (χ0n) is 9.73. The Labute approximate surface area is 101 Å². The molecule has 0 aliphatic rings. The molecule has 0 aromatic heterocycles. The summed E-state index contributed by atoms with van der Waals surface area (Å²) in [5.74, 6) is 0. The molecule has 16 heavy (non-hydrogen) atoms. The second kappa shape index (κ2) is 6.41. The lowest BCUT2D eigenvalue weighted by molar-refractivity contribution is 0.814. The third-order valence-electron chi connectivity index (χ3n) is 2.46. The Kier molecular flexibility index (Phi) is 5.17. The summed E-state index contributed by atoms with van der Waals surface area (Å²) in [7, 11) is 0. The molecule has 0 bridgehead atoms. The third kappa shape index (κ3) is 2.69. The summed E-state index contributed by atoms with van der Waals surface area (Å²) in [6.45, 7) is 4.32. The molecule has 1 rings (SSSR count). The van der Waals surface area contributed by atoms with Crippen molar-refractivity contribution in [1.29, 1.82) is 5.26 Å². The molecule has 0 aliphatic heterocycles. The van der Waals surface area contributed by atoms with Crippen molar-refractivity contribution in [2.75, 3.05) is 30.8 Å². The lowest BCUT2D eigenvalue weighted by Crippen LogP contribution is -2.29. The quantitative estimate of drug-likeness (QED) is 0.794. The fraction of sp³-hybridized carbons (Fsp3) is 0.417. The van der Waals surface area contributed by atoms with E-state index in [2.05, 4.69) is 17.9 Å². The van der Waals surface area contributed by atoms with Gasteiger partial charge >= 0.3 is 0 Å². The number of hydrogen-bond donors (Lipinski definition) is 1. The van der Waals surface area contributed by atoms with Crippen LogP contribution in [0.3, 0.4) is 0 Å². The Morgan fingerprint density at radius 3 is 2.75 bits per heavy atom. The Balaban J connectivity index is 3.16. The Morgan fingerprint density at radius 2 is 2.25 bits per heavy atom. The number of thioether (sulfide) groups is 1. The van der Waals surface area contributed by atoms with E-state index in [9.17, 15) is 5.26 Å². The van der Waals surface area contributed by atoms with Gasteiger partial charge in [-0.25, -0.2) is 0 Å². The molecule has 0 amide bonds. The summed E-state index contributed by atoms with van der Waals surface area (Å²) in [5.41, 5.74) is 7.32. The SMILES string of the molecule is CCN(CCN)c1cccc(SC)c1C#N. The molecule has 0 saturated carbocycles. The topological polar surface area (TPSA) is 53.0 Å². The van der Waals surface area contributed by atoms with Crippen molar-refractivity contribution in [2.45, 2.75) is 11.8 Å². The molecule has 0 saturated heterocycles. The van der Waals surface area contributed by atoms with Crippen molar-refractivity contribution in [1.82, 2.24) is 0 Å². The maximum Gasteiger partial charge on any atom is 0.103 e. The highest BCUT2D eigenvalue weighted by Crippen LogP contribution is 2.28. The van der Waals surface area contributed by atoms with Crippen LogP contribution in [0.2, 0.25) is 0 Å². The Morgan fingerprint density at radius 1 is 1.50 bits per heavy atom. The molecule has 1 aromatic carbocycles. The first-order valence-electron chi connectivity index (χ1n) is 5.30. The second-order valence-electron chi connectivity index (χ2n) is 3.33. The van der Waals surface area contributed by atoms with Crippen LogP contribution in [0.5, 0.6) is 0 Å². The average molecular weight is 235 g/mol. The Bertz CT molecular complexity index is 384. The molecule has 0 radical (unpaired) electrons. The highest BCUT2D eigenvalue weighted by Gasteiger charge is 2.11. The van der Waals surface area contributed by atoms with Gasteiger partial charge in [0.1, 0.15) is 6.07 Å². The average Bonchev–Trinajstić information content (AvgIpc) is 2.34. The standard InChI is InChI=1S/C12H17N3S/c1-3-15(8-7-13)11-5-4-6-12(16-2)10(11)9-14/h4-6H,3,7-8,13H2,1-2H3. The van der Waals surface area contributed by atoms with E-state index >= 15 is 0 Å². The maximum atomic E-state index is 9.22. The van der Waals surface area contributed by atoms with Gasteiger partial charge in [-0.05, 0) is 25.3 Å². The molecule has 2 N–H and O–H groups in total. The summed E-state index contributed by atoms with van der Waals surface area (Å²) >= 11 is 1.60. The monoisotopic (exact) mass is 235 g/mol. The lowest BCUT2D eigenvalue weighted by Gasteiger charge is -2.24. The third-order valence-corrected chi connectivity index (χ3v) is 3.24. The molecular formula is C12H17N3S. The van der Waals surface area contributed by atoms with Crippen molar-refractivity contribution in [2.24, 2.45) is 5.73 Å². The summed E-state index contributed by atoms with van der Waals surface area (Å²) in [6.07, 6.45) is 1.99. The summed E-state index contributed by atoms with van der Waals surface area (Å²) in [6, 6.07) is 8.23. The second-order valence-corrected chi connectivity index (χ2v) is 4.18. The normalized spacial score (nSPS) is 9.88. The van der Waals surface area contributed by atoms with Crippen molar-refractivity contribution in [3.8, 4) is 6.07 Å². The molecule has 4 heteroatoms. The van der Waals surface area contributed by atoms with Crippen molar-refractivity contribution in [3.05, 3.63) is 23.8 Å². The van der Waals surface area contributed by atoms with Gasteiger partial charge in [0.05, 0.1) is 11.3 Å². The molecule has 0 aliphatic carbocycles. The van der Waals surface area contributed by atoms with Crippen LogP contribution in [0.1, 0.15) is 12.5 Å². The fourth-order valence-corrected chi connectivity index (χ4v) is 2.24. The van der Waals surface area contributed by atoms with E-state index in [-0.39, 0.29) is 0 Å². The lowest BCUT2D eigenvalue weighted by atomic mass is 10.1. The van der Waals surface area contributed by atoms with Gasteiger partial charge in [0.15, 0.2) is 0 Å². The van der Waals surface area contributed by atoms with E-state index in [0.717, 1.165) is 29.2 Å². The van der Waals surface area contributed by atoms with Gasteiger partial charge in [0.25, 0.3) is 0 Å². The molecular weight excluding hydrogens is 218 g/mol. The summed E-state index contributed by atoms with van der Waals surface area (Å²) < 4.78 is 0. The van der Waals surface area contributed by atoms with Crippen molar-refractivity contribution in [3.63, 3.8) is 0 Å². The zero-order valence-corrected chi connectivity index (χ0v) is 10.5. The van der Waals surface area contributed by atoms with E-state index < -0.39 is 0 Å². The number of likely N-dealkylation sites (N-methyl/N-ethyl adjacent to an activating group) is 1. The zero-order chi connectivity index (χ0) is 12.0. The highest BCUT2D eigenvalue weighted by molar-refractivity contribution is 7.98. The molecule has 0 unspecified atom stereocenters. The molecule has 1 aromatic rings. The van der Waals surface area contributed by atoms with E-state index in [1.165, 1.54) is 0 Å². The largest absolute Gasteiger partial charge is 0.369 e. The highest BCUT2D eigenvalue weighted by atomic mass is 32.2. The van der Waals surface area contributed by atoms with Crippen molar-refractivity contribution < 1.29 is 0 Å². The van der Waals surface area contributed by atoms with E-state index in [0.29, 0.717) is 6.54 Å². The predicted octanol–water partition coefficient (Wildman–Crippen LogP) is 2.07. The molecule has 0 spiro atoms. The first kappa shape index (κ1) is 12.9. The minimum absolute atomic E-state index is 0.599. The van der Waals surface area contributed by atoms with Gasteiger partial charge in [-0.15, -0.1) is 11.8 Å². The number of anilines is 1. The van der Waals surface area contributed by atoms with Gasteiger partial charge < -0.3 is 10.6 Å². The van der Waals surface area contributed by atoms with Gasteiger partial charge in [-0.1, -0.05) is 6.07 Å². The first-order valence-corrected chi connectivity index (χ1v) is 6.53. The molecule has 0 atom stereocenters. The fourth-order valence-electron chi connectivity index (χ4n) is 1.67. The number of hydrogen-bond acceptors (Lipinski definition) is 4. The van der Waals surface area contributed by atoms with Crippen LogP contribution >= 0.6 is 11.8 Å². The van der Waals surface area contributed by atoms with Gasteiger partial charge in [0.2, 0.25) is 0 Å². The van der Waals surface area contributed by atoms with E-state index in [1.54, 1.807) is 11.8 Å². The van der Waals surface area contributed by atoms with Crippen molar-refractivity contribution >= 4 is 17.4 Å². The summed E-state index contributed by atoms with van der Waals surface area (Å²) in [5, 5.41) is 9.22. The number of rotatable bonds is 5. The number of nitrogens with two attached hydrogens (primary N) is 1. The number of nitriles is 1. The molecule has 86 valence electrons. The smallest absolute Gasteiger partial charge is 0.103 e. The van der Waals surface area contributed by atoms with E-state index in [4.69, 9.17) is 5.73 Å². The molecule has 3 nitrogen and oxygen atoms in total. The minimum atomic E-state index is 0.599. The van der Waals surface area contributed by atoms with E-state index in [1.807, 2.05) is 24.5 Å². The van der Waals surface area contributed by atoms with Crippen LogP contribution in [0, 0.1) is 11.3 Å². The van der Waals surface area contributed by atoms with Crippen LogP contribution in [-0.2, 0) is 0 Å². The maximum absolute atomic E-state index is 9.22. The van der Waals surface area contributed by atoms with Crippen LogP contribution in [0.4, 0.5) is 5.69 Å². The Hall–Kier alpha value is -1.18. The van der Waals surface area contributed by atoms with Crippen LogP contribution < -0.4 is 10.6 Å². The molecule has 0 heterocycles. The summed E-state index contributed by atoms with van der Waals surface area (Å²) in [4.78, 5) is 3.16. The number of nitrogens with zero attached hydrogens (tertiary/aromatic N) is 2. The van der Waals surface area contributed by atoms with Crippen LogP contribution in [-0.4, -0.2) is 25.9 Å².